The van der Waals surface area contributed by atoms with Crippen molar-refractivity contribution in [3.8, 4) is 0 Å². The van der Waals surface area contributed by atoms with E-state index >= 15 is 0 Å². The number of halogens is 6. The molecule has 0 aliphatic carbocycles. The average Bonchev–Trinajstić information content (AvgIpc) is 2.49. The van der Waals surface area contributed by atoms with Gasteiger partial charge in [0.2, 0.25) is 0 Å². The summed E-state index contributed by atoms with van der Waals surface area (Å²) in [4.78, 5) is 0. The fourth-order valence-electron chi connectivity index (χ4n) is 2.38. The average molecular weight is 558 g/mol. The van der Waals surface area contributed by atoms with Gasteiger partial charge in [-0.25, -0.2) is 0 Å². The Kier molecular flexibility index (Phi) is 5.84. The van der Waals surface area contributed by atoms with Gasteiger partial charge in [-0.15, -0.1) is 0 Å². The number of hydrogen-bond acceptors (Lipinski definition) is 1. The summed E-state index contributed by atoms with van der Waals surface area (Å²) in [6.45, 7) is 0.614. The molecule has 0 aliphatic rings. The molecule has 0 aromatic heterocycles. The fourth-order valence-corrected chi connectivity index (χ4v) is 3.36. The molecule has 0 N–H and O–H groups in total. The zero-order chi connectivity index (χ0) is 18.9. The third-order valence-corrected chi connectivity index (χ3v) is 4.88. The van der Waals surface area contributed by atoms with Crippen LogP contribution < -0.4 is 3.27 Å². The van der Waals surface area contributed by atoms with Crippen molar-refractivity contribution in [2.75, 3.05) is 0 Å². The molecule has 2 aromatic carbocycles. The van der Waals surface area contributed by atoms with Gasteiger partial charge in [0, 0.05) is 0 Å². The van der Waals surface area contributed by atoms with Gasteiger partial charge in [-0.05, 0) is 0 Å². The molecule has 0 saturated heterocycles. The number of benzene rings is 2. The fraction of sp³-hybridized carbons (Fsp3) is 0.294. The molecule has 0 heterocycles. The predicted molar refractivity (Wildman–Crippen MR) is 75.8 cm³/mol. The zero-order valence-electron chi connectivity index (χ0n) is 12.9. The van der Waals surface area contributed by atoms with Crippen LogP contribution in [-0.2, 0) is 16.9 Å². The second-order valence-corrected chi connectivity index (χ2v) is 7.02. The molecule has 0 unspecified atom stereocenters. The molecule has 0 amide bonds. The van der Waals surface area contributed by atoms with E-state index in [1.807, 2.05) is 0 Å². The van der Waals surface area contributed by atoms with E-state index in [0.717, 1.165) is 30.8 Å². The van der Waals surface area contributed by atoms with Crippen LogP contribution in [0.4, 0.5) is 26.3 Å². The summed E-state index contributed by atoms with van der Waals surface area (Å²) in [5, 5.41) is 0. The second kappa shape index (κ2) is 7.24. The van der Waals surface area contributed by atoms with E-state index in [2.05, 4.69) is 4.74 Å². The van der Waals surface area contributed by atoms with Gasteiger partial charge in [0.15, 0.2) is 0 Å². The summed E-state index contributed by atoms with van der Waals surface area (Å²) in [6, 6.07) is 11.1. The van der Waals surface area contributed by atoms with E-state index in [9.17, 15) is 26.3 Å². The summed E-state index contributed by atoms with van der Waals surface area (Å²) in [6.07, 6.45) is -11.3. The van der Waals surface area contributed by atoms with Gasteiger partial charge in [0.25, 0.3) is 0 Å². The first kappa shape index (κ1) is 20.2. The number of aryl methyl sites for hydroxylation is 1. The Balaban J connectivity index is 2.63. The van der Waals surface area contributed by atoms with Crippen molar-refractivity contribution in [1.29, 1.82) is 0 Å². The summed E-state index contributed by atoms with van der Waals surface area (Å²) in [5.41, 5.74) is -4.79. The van der Waals surface area contributed by atoms with Crippen molar-refractivity contribution in [2.24, 2.45) is 0 Å². The van der Waals surface area contributed by atoms with Crippen LogP contribution >= 0.6 is 0 Å². The first-order valence-corrected chi connectivity index (χ1v) is 8.54. The van der Waals surface area contributed by atoms with E-state index in [4.69, 9.17) is 0 Å². The molecule has 1 nitrogen and oxygen atoms in total. The number of rotatable bonds is 4. The van der Waals surface area contributed by atoms with E-state index in [0.29, 0.717) is 0 Å². The molecule has 0 saturated carbocycles. The molecule has 2 aromatic rings. The summed E-state index contributed by atoms with van der Waals surface area (Å²) >= 11 is 0.728. The standard InChI is InChI=1S/C17H13AtF6O/c1-11-7-8-14(18)13(9-11)15(16(19,20)21,17(22,23)24)25-10-12-5-3-2-4-6-12/h2-9H,10H2,1H3/i18+1. The van der Waals surface area contributed by atoms with Gasteiger partial charge < -0.3 is 0 Å². The Morgan fingerprint density at radius 3 is 1.96 bits per heavy atom. The van der Waals surface area contributed by atoms with Gasteiger partial charge >= 0.3 is 156 Å². The van der Waals surface area contributed by atoms with Crippen molar-refractivity contribution in [3.63, 3.8) is 0 Å². The first-order chi connectivity index (χ1) is 11.5. The molecular weight excluding hydrogens is 545 g/mol. The van der Waals surface area contributed by atoms with Crippen molar-refractivity contribution < 1.29 is 55.8 Å². The monoisotopic (exact) mass is 558 g/mol. The molecular formula is C17H13AtF6O. The van der Waals surface area contributed by atoms with Gasteiger partial charge in [0.1, 0.15) is 0 Å². The van der Waals surface area contributed by atoms with Crippen molar-refractivity contribution in [1.82, 2.24) is 0 Å². The third-order valence-electron chi connectivity index (χ3n) is 3.60. The minimum atomic E-state index is -5.67. The van der Waals surface area contributed by atoms with Gasteiger partial charge in [-0.1, -0.05) is 0 Å². The van der Waals surface area contributed by atoms with Crippen LogP contribution in [0.1, 0.15) is 16.7 Å². The predicted octanol–water partition coefficient (Wildman–Crippen LogP) is 4.71. The van der Waals surface area contributed by atoms with Crippen LogP contribution in [0.2, 0.25) is 0 Å². The number of alkyl halides is 6. The van der Waals surface area contributed by atoms with Crippen LogP contribution in [0, 0.1) is 31.6 Å². The van der Waals surface area contributed by atoms with Gasteiger partial charge in [-0.2, -0.15) is 0 Å². The molecule has 0 radical (unpaired) electrons. The second-order valence-electron chi connectivity index (χ2n) is 5.43. The van der Waals surface area contributed by atoms with Crippen LogP contribution in [0.3, 0.4) is 0 Å². The molecule has 25 heavy (non-hydrogen) atoms. The number of hydrogen-bond donors (Lipinski definition) is 0. The number of ether oxygens (including phenoxy) is 1. The maximum atomic E-state index is 13.7. The molecule has 0 fully saturated rings. The van der Waals surface area contributed by atoms with Crippen LogP contribution in [0.15, 0.2) is 48.5 Å². The summed E-state index contributed by atoms with van der Waals surface area (Å²) in [7, 11) is 0. The Morgan fingerprint density at radius 2 is 1.44 bits per heavy atom. The molecule has 0 bridgehead atoms. The molecule has 0 aliphatic heterocycles. The zero-order valence-corrected chi connectivity index (χ0v) is 15.8. The van der Waals surface area contributed by atoms with Crippen LogP contribution in [0.5, 0.6) is 0 Å². The van der Waals surface area contributed by atoms with Gasteiger partial charge in [-0.3, -0.25) is 0 Å². The summed E-state index contributed by atoms with van der Waals surface area (Å²) < 4.78 is 86.9. The van der Waals surface area contributed by atoms with Crippen LogP contribution in [-0.4, -0.2) is 12.4 Å². The quantitative estimate of drug-likeness (QED) is 0.495. The van der Waals surface area contributed by atoms with E-state index in [-0.39, 0.29) is 14.4 Å². The maximum absolute atomic E-state index is 13.7. The molecule has 136 valence electrons. The van der Waals surface area contributed by atoms with Gasteiger partial charge in [0.05, 0.1) is 0 Å². The Morgan fingerprint density at radius 1 is 0.880 bits per heavy atom. The molecule has 8 heteroatoms. The first-order valence-electron chi connectivity index (χ1n) is 7.07. The van der Waals surface area contributed by atoms with E-state index in [1.54, 1.807) is 6.07 Å². The topological polar surface area (TPSA) is 9.23 Å². The van der Waals surface area contributed by atoms with Crippen molar-refractivity contribution >= 4 is 3.27 Å². The van der Waals surface area contributed by atoms with Crippen molar-refractivity contribution in [2.45, 2.75) is 31.5 Å². The Hall–Kier alpha value is -1.14. The third kappa shape index (κ3) is 4.00. The van der Waals surface area contributed by atoms with E-state index < -0.39 is 30.1 Å². The molecule has 0 atom stereocenters. The summed E-state index contributed by atoms with van der Waals surface area (Å²) in [5.74, 6) is 0. The normalized spacial score (nSPS) is 13.1. The van der Waals surface area contributed by atoms with Crippen LogP contribution in [0.25, 0.3) is 0 Å². The molecule has 0 spiro atoms. The Labute approximate surface area is 155 Å². The Bertz CT molecular complexity index is 710. The molecule has 2 rings (SSSR count). The van der Waals surface area contributed by atoms with Crippen molar-refractivity contribution in [3.05, 3.63) is 65.2 Å². The van der Waals surface area contributed by atoms with E-state index in [1.165, 1.54) is 43.3 Å². The minimum absolute atomic E-state index is 0.0895. The SMILES string of the molecule is Cc1ccc([211At])c(C(OCc2ccccc2)(C(F)(F)F)C(F)(F)F)c1.